The molecule has 1 atom stereocenters. The Morgan fingerprint density at radius 2 is 2.45 bits per heavy atom. The van der Waals surface area contributed by atoms with Crippen LogP contribution in [0.15, 0.2) is 12.3 Å². The molecule has 0 aliphatic carbocycles. The average Bonchev–Trinajstić information content (AvgIpc) is 2.03. The van der Waals surface area contributed by atoms with E-state index in [4.69, 9.17) is 10.8 Å². The first-order valence-electron chi connectivity index (χ1n) is 3.43. The van der Waals surface area contributed by atoms with Gasteiger partial charge in [0.25, 0.3) is 0 Å². The summed E-state index contributed by atoms with van der Waals surface area (Å²) >= 11 is 0. The fourth-order valence-electron chi connectivity index (χ4n) is 0.707. The number of rotatable bonds is 2. The van der Waals surface area contributed by atoms with E-state index in [1.807, 2.05) is 6.92 Å². The van der Waals surface area contributed by atoms with Crippen molar-refractivity contribution in [2.24, 2.45) is 0 Å². The summed E-state index contributed by atoms with van der Waals surface area (Å²) in [6.45, 7) is 1.89. The number of aromatic nitrogens is 2. The maximum absolute atomic E-state index is 8.76. The molecule has 0 amide bonds. The molecule has 0 aliphatic heterocycles. The Balaban J connectivity index is 2.86. The quantitative estimate of drug-likeness (QED) is 0.634. The summed E-state index contributed by atoms with van der Waals surface area (Å²) in [6, 6.07) is 1.62. The van der Waals surface area contributed by atoms with Crippen molar-refractivity contribution in [3.63, 3.8) is 0 Å². The lowest BCUT2D eigenvalue weighted by molar-refractivity contribution is 0.269. The summed E-state index contributed by atoms with van der Waals surface area (Å²) in [4.78, 5) is 7.91. The Labute approximate surface area is 65.1 Å². The number of aliphatic hydroxyl groups excluding tert-OH is 1. The molecule has 1 aromatic rings. The van der Waals surface area contributed by atoms with Crippen molar-refractivity contribution in [3.8, 4) is 0 Å². The Morgan fingerprint density at radius 1 is 1.73 bits per heavy atom. The van der Waals surface area contributed by atoms with Crippen molar-refractivity contribution in [1.82, 2.24) is 9.97 Å². The van der Waals surface area contributed by atoms with Gasteiger partial charge in [0.2, 0.25) is 0 Å². The van der Waals surface area contributed by atoms with Crippen LogP contribution >= 0.6 is 0 Å². The Morgan fingerprint density at radius 3 is 3.00 bits per heavy atom. The highest BCUT2D eigenvalue weighted by atomic mass is 16.3. The van der Waals surface area contributed by atoms with Gasteiger partial charge in [-0.05, 0) is 6.07 Å². The summed E-state index contributed by atoms with van der Waals surface area (Å²) in [5.74, 6) is 0.987. The second-order valence-electron chi connectivity index (χ2n) is 2.42. The van der Waals surface area contributed by atoms with Crippen molar-refractivity contribution in [2.75, 3.05) is 12.3 Å². The van der Waals surface area contributed by atoms with Crippen molar-refractivity contribution in [3.05, 3.63) is 18.1 Å². The molecule has 0 aromatic carbocycles. The largest absolute Gasteiger partial charge is 0.396 e. The molecule has 0 saturated carbocycles. The molecule has 1 unspecified atom stereocenters. The first kappa shape index (κ1) is 7.94. The van der Waals surface area contributed by atoms with Gasteiger partial charge in [0.15, 0.2) is 0 Å². The number of nitrogen functional groups attached to an aromatic ring is 1. The molecule has 0 spiro atoms. The molecule has 4 heteroatoms. The van der Waals surface area contributed by atoms with Gasteiger partial charge in [0.05, 0.1) is 6.61 Å². The fourth-order valence-corrected chi connectivity index (χ4v) is 0.707. The zero-order chi connectivity index (χ0) is 8.27. The number of anilines is 1. The van der Waals surface area contributed by atoms with Gasteiger partial charge in [-0.2, -0.15) is 0 Å². The lowest BCUT2D eigenvalue weighted by Gasteiger charge is -2.04. The smallest absolute Gasteiger partial charge is 0.135 e. The molecule has 0 fully saturated rings. The van der Waals surface area contributed by atoms with E-state index in [0.29, 0.717) is 11.6 Å². The van der Waals surface area contributed by atoms with Crippen LogP contribution in [-0.2, 0) is 0 Å². The van der Waals surface area contributed by atoms with Crippen molar-refractivity contribution in [2.45, 2.75) is 12.8 Å². The second-order valence-corrected chi connectivity index (χ2v) is 2.42. The summed E-state index contributed by atoms with van der Waals surface area (Å²) in [5.41, 5.74) is 5.42. The van der Waals surface area contributed by atoms with Gasteiger partial charge in [0, 0.05) is 12.1 Å². The maximum atomic E-state index is 8.76. The molecule has 0 saturated heterocycles. The average molecular weight is 153 g/mol. The van der Waals surface area contributed by atoms with E-state index in [0.717, 1.165) is 0 Å². The minimum atomic E-state index is -0.0431. The summed E-state index contributed by atoms with van der Waals surface area (Å²) in [6.07, 6.45) is 1.59. The van der Waals surface area contributed by atoms with Crippen LogP contribution in [0.1, 0.15) is 18.7 Å². The number of hydrogen-bond donors (Lipinski definition) is 2. The first-order valence-corrected chi connectivity index (χ1v) is 3.43. The highest BCUT2D eigenvalue weighted by Gasteiger charge is 2.05. The maximum Gasteiger partial charge on any atom is 0.135 e. The third kappa shape index (κ3) is 1.88. The second kappa shape index (κ2) is 3.30. The number of nitrogens with two attached hydrogens (primary N) is 1. The SMILES string of the molecule is CC(CO)c1nccc(N)n1. The van der Waals surface area contributed by atoms with E-state index < -0.39 is 0 Å². The first-order chi connectivity index (χ1) is 5.24. The third-order valence-corrected chi connectivity index (χ3v) is 1.41. The number of hydrogen-bond acceptors (Lipinski definition) is 4. The molecular formula is C7H11N3O. The van der Waals surface area contributed by atoms with Crippen LogP contribution in [0.5, 0.6) is 0 Å². The van der Waals surface area contributed by atoms with Crippen LogP contribution in [0, 0.1) is 0 Å². The van der Waals surface area contributed by atoms with Crippen LogP contribution in [0.2, 0.25) is 0 Å². The monoisotopic (exact) mass is 153 g/mol. The van der Waals surface area contributed by atoms with Crippen LogP contribution in [0.4, 0.5) is 5.82 Å². The normalized spacial score (nSPS) is 12.9. The highest BCUT2D eigenvalue weighted by molar-refractivity contribution is 5.25. The van der Waals surface area contributed by atoms with E-state index in [2.05, 4.69) is 9.97 Å². The summed E-state index contributed by atoms with van der Waals surface area (Å²) in [7, 11) is 0. The topological polar surface area (TPSA) is 72.0 Å². The summed E-state index contributed by atoms with van der Waals surface area (Å²) in [5, 5.41) is 8.76. The van der Waals surface area contributed by atoms with Crippen LogP contribution in [0.25, 0.3) is 0 Å². The van der Waals surface area contributed by atoms with E-state index in [1.165, 1.54) is 0 Å². The summed E-state index contributed by atoms with van der Waals surface area (Å²) < 4.78 is 0. The molecule has 0 aliphatic rings. The molecule has 60 valence electrons. The lowest BCUT2D eigenvalue weighted by Crippen LogP contribution is -2.05. The Kier molecular flexibility index (Phi) is 2.38. The van der Waals surface area contributed by atoms with Crippen molar-refractivity contribution >= 4 is 5.82 Å². The van der Waals surface area contributed by atoms with Gasteiger partial charge in [-0.3, -0.25) is 0 Å². The van der Waals surface area contributed by atoms with Gasteiger partial charge in [0.1, 0.15) is 11.6 Å². The minimum Gasteiger partial charge on any atom is -0.396 e. The minimum absolute atomic E-state index is 0.0431. The van der Waals surface area contributed by atoms with E-state index in [-0.39, 0.29) is 12.5 Å². The number of aliphatic hydroxyl groups is 1. The highest BCUT2D eigenvalue weighted by Crippen LogP contribution is 2.08. The Bertz CT molecular complexity index is 239. The predicted octanol–water partition coefficient (Wildman–Crippen LogP) is 0.155. The Hall–Kier alpha value is -1.16. The van der Waals surface area contributed by atoms with Crippen molar-refractivity contribution in [1.29, 1.82) is 0 Å². The van der Waals surface area contributed by atoms with Crippen molar-refractivity contribution < 1.29 is 5.11 Å². The molecular weight excluding hydrogens is 142 g/mol. The lowest BCUT2D eigenvalue weighted by atomic mass is 10.2. The fraction of sp³-hybridized carbons (Fsp3) is 0.429. The van der Waals surface area contributed by atoms with E-state index in [9.17, 15) is 0 Å². The standard InChI is InChI=1S/C7H11N3O/c1-5(4-11)7-9-3-2-6(8)10-7/h2-3,5,11H,4H2,1H3,(H2,8,9,10). The number of nitrogens with zero attached hydrogens (tertiary/aromatic N) is 2. The van der Waals surface area contributed by atoms with Gasteiger partial charge in [-0.25, -0.2) is 9.97 Å². The van der Waals surface area contributed by atoms with Gasteiger partial charge in [-0.15, -0.1) is 0 Å². The zero-order valence-corrected chi connectivity index (χ0v) is 6.36. The van der Waals surface area contributed by atoms with Gasteiger partial charge < -0.3 is 10.8 Å². The molecule has 11 heavy (non-hydrogen) atoms. The molecule has 4 nitrogen and oxygen atoms in total. The molecule has 1 heterocycles. The van der Waals surface area contributed by atoms with E-state index in [1.54, 1.807) is 12.3 Å². The van der Waals surface area contributed by atoms with Crippen LogP contribution in [0.3, 0.4) is 0 Å². The van der Waals surface area contributed by atoms with Gasteiger partial charge >= 0.3 is 0 Å². The third-order valence-electron chi connectivity index (χ3n) is 1.41. The van der Waals surface area contributed by atoms with Gasteiger partial charge in [-0.1, -0.05) is 6.92 Å². The predicted molar refractivity (Wildman–Crippen MR) is 41.9 cm³/mol. The zero-order valence-electron chi connectivity index (χ0n) is 6.36. The molecule has 0 radical (unpaired) electrons. The molecule has 0 bridgehead atoms. The molecule has 1 aromatic heterocycles. The van der Waals surface area contributed by atoms with Crippen LogP contribution < -0.4 is 5.73 Å². The van der Waals surface area contributed by atoms with Crippen LogP contribution in [-0.4, -0.2) is 21.7 Å². The van der Waals surface area contributed by atoms with E-state index >= 15 is 0 Å². The molecule has 1 rings (SSSR count). The molecule has 3 N–H and O–H groups in total.